The van der Waals surface area contributed by atoms with E-state index >= 15 is 0 Å². The number of hydrogen-bond acceptors (Lipinski definition) is 6. The molecule has 3 N–H and O–H groups in total. The van der Waals surface area contributed by atoms with Crippen LogP contribution in [0.25, 0.3) is 0 Å². The third-order valence-corrected chi connectivity index (χ3v) is 4.26. The number of benzene rings is 1. The van der Waals surface area contributed by atoms with Gasteiger partial charge in [0, 0.05) is 30.5 Å². The fraction of sp³-hybridized carbons (Fsp3) is 0.263. The van der Waals surface area contributed by atoms with Crippen LogP contribution in [0.3, 0.4) is 0 Å². The maximum Gasteiger partial charge on any atom is 0.313 e. The van der Waals surface area contributed by atoms with Gasteiger partial charge in [0.2, 0.25) is 5.91 Å². The van der Waals surface area contributed by atoms with Crippen molar-refractivity contribution in [1.29, 1.82) is 5.41 Å². The number of nitrogens with zero attached hydrogens (tertiary/aromatic N) is 3. The Morgan fingerprint density at radius 1 is 1.25 bits per heavy atom. The molecular weight excluding hydrogens is 365 g/mol. The zero-order chi connectivity index (χ0) is 20.1. The molecule has 146 valence electrons. The summed E-state index contributed by atoms with van der Waals surface area (Å²) in [5.74, 6) is -1.79. The van der Waals surface area contributed by atoms with E-state index in [1.165, 1.54) is 12.3 Å². The molecule has 0 saturated carbocycles. The Morgan fingerprint density at radius 3 is 2.68 bits per heavy atom. The van der Waals surface area contributed by atoms with E-state index in [1.807, 2.05) is 30.3 Å². The van der Waals surface area contributed by atoms with E-state index in [-0.39, 0.29) is 42.7 Å². The number of ether oxygens (including phenoxy) is 1. The first-order valence-corrected chi connectivity index (χ1v) is 8.68. The zero-order valence-electron chi connectivity index (χ0n) is 15.1. The predicted octanol–water partition coefficient (Wildman–Crippen LogP) is 1.44. The Labute approximate surface area is 161 Å². The van der Waals surface area contributed by atoms with E-state index in [0.29, 0.717) is 13.1 Å². The molecule has 0 atom stereocenters. The van der Waals surface area contributed by atoms with Gasteiger partial charge in [-0.25, -0.2) is 9.37 Å². The Balaban J connectivity index is 1.68. The lowest BCUT2D eigenvalue weighted by molar-refractivity contribution is -0.143. The number of carbonyl (C=O) groups excluding carboxylic acids is 2. The molecule has 8 nitrogen and oxygen atoms in total. The van der Waals surface area contributed by atoms with Crippen LogP contribution in [-0.2, 0) is 20.9 Å². The molecule has 2 aromatic rings. The second-order valence-electron chi connectivity index (χ2n) is 6.27. The highest BCUT2D eigenvalue weighted by Gasteiger charge is 2.28. The smallest absolute Gasteiger partial charge is 0.313 e. The van der Waals surface area contributed by atoms with Crippen LogP contribution < -0.4 is 15.5 Å². The Morgan fingerprint density at radius 2 is 2.00 bits per heavy atom. The molecule has 3 rings (SSSR count). The third-order valence-electron chi connectivity index (χ3n) is 4.26. The highest BCUT2D eigenvalue weighted by molar-refractivity contribution is 5.97. The summed E-state index contributed by atoms with van der Waals surface area (Å²) in [5, 5.41) is 7.07. The SMILES string of the molecule is N=C(N)CC(=O)OCc1ccnc(N2CCN(c3ccccc3)C(=O)C2)c1F. The van der Waals surface area contributed by atoms with E-state index in [4.69, 9.17) is 15.9 Å². The number of nitrogens with one attached hydrogen (secondary N) is 1. The number of hydrogen-bond donors (Lipinski definition) is 2. The maximum absolute atomic E-state index is 14.8. The molecule has 1 aromatic carbocycles. The van der Waals surface area contributed by atoms with Crippen LogP contribution in [-0.4, -0.2) is 42.3 Å². The molecule has 0 bridgehead atoms. The number of amidine groups is 1. The van der Waals surface area contributed by atoms with Crippen molar-refractivity contribution in [2.75, 3.05) is 29.4 Å². The predicted molar refractivity (Wildman–Crippen MR) is 102 cm³/mol. The van der Waals surface area contributed by atoms with Crippen molar-refractivity contribution in [2.24, 2.45) is 5.73 Å². The van der Waals surface area contributed by atoms with Crippen molar-refractivity contribution in [3.8, 4) is 0 Å². The van der Waals surface area contributed by atoms with Crippen molar-refractivity contribution in [3.05, 3.63) is 54.0 Å². The summed E-state index contributed by atoms with van der Waals surface area (Å²) in [6.45, 7) is 0.512. The summed E-state index contributed by atoms with van der Waals surface area (Å²) in [6, 6.07) is 10.7. The summed E-state index contributed by atoms with van der Waals surface area (Å²) in [6.07, 6.45) is 1.05. The molecule has 1 saturated heterocycles. The summed E-state index contributed by atoms with van der Waals surface area (Å²) in [5.41, 5.74) is 6.07. The molecule has 1 aliphatic heterocycles. The van der Waals surface area contributed by atoms with Crippen LogP contribution in [0.15, 0.2) is 42.6 Å². The van der Waals surface area contributed by atoms with E-state index < -0.39 is 11.8 Å². The lowest BCUT2D eigenvalue weighted by Gasteiger charge is -2.35. The van der Waals surface area contributed by atoms with Crippen LogP contribution in [0, 0.1) is 11.2 Å². The van der Waals surface area contributed by atoms with Gasteiger partial charge in [0.1, 0.15) is 18.9 Å². The first-order valence-electron chi connectivity index (χ1n) is 8.68. The number of aromatic nitrogens is 1. The average molecular weight is 385 g/mol. The maximum atomic E-state index is 14.8. The van der Waals surface area contributed by atoms with Gasteiger partial charge in [0.25, 0.3) is 0 Å². The lowest BCUT2D eigenvalue weighted by Crippen LogP contribution is -2.51. The Hall–Kier alpha value is -3.49. The van der Waals surface area contributed by atoms with E-state index in [2.05, 4.69) is 4.98 Å². The molecule has 0 spiro atoms. The molecule has 0 aliphatic carbocycles. The monoisotopic (exact) mass is 385 g/mol. The summed E-state index contributed by atoms with van der Waals surface area (Å²) in [7, 11) is 0. The third kappa shape index (κ3) is 4.43. The fourth-order valence-corrected chi connectivity index (χ4v) is 2.90. The van der Waals surface area contributed by atoms with Crippen LogP contribution in [0.5, 0.6) is 0 Å². The van der Waals surface area contributed by atoms with E-state index in [1.54, 1.807) is 9.80 Å². The van der Waals surface area contributed by atoms with Gasteiger partial charge in [-0.1, -0.05) is 18.2 Å². The highest BCUT2D eigenvalue weighted by Crippen LogP contribution is 2.24. The zero-order valence-corrected chi connectivity index (χ0v) is 15.1. The molecule has 1 aromatic heterocycles. The van der Waals surface area contributed by atoms with Gasteiger partial charge in [0.15, 0.2) is 11.6 Å². The number of nitrogens with two attached hydrogens (primary N) is 1. The normalized spacial score (nSPS) is 14.1. The molecular formula is C19H20FN5O3. The second kappa shape index (κ2) is 8.47. The molecule has 1 fully saturated rings. The topological polar surface area (TPSA) is 113 Å². The first-order chi connectivity index (χ1) is 13.5. The first kappa shape index (κ1) is 19.3. The molecule has 28 heavy (non-hydrogen) atoms. The second-order valence-corrected chi connectivity index (χ2v) is 6.27. The number of piperazine rings is 1. The number of para-hydroxylation sites is 1. The van der Waals surface area contributed by atoms with E-state index in [0.717, 1.165) is 5.69 Å². The number of anilines is 2. The number of carbonyl (C=O) groups is 2. The van der Waals surface area contributed by atoms with Gasteiger partial charge < -0.3 is 20.3 Å². The van der Waals surface area contributed by atoms with Crippen molar-refractivity contribution < 1.29 is 18.7 Å². The highest BCUT2D eigenvalue weighted by atomic mass is 19.1. The average Bonchev–Trinajstić information content (AvgIpc) is 2.67. The number of amides is 1. The van der Waals surface area contributed by atoms with Gasteiger partial charge in [0.05, 0.1) is 6.54 Å². The van der Waals surface area contributed by atoms with Gasteiger partial charge in [-0.05, 0) is 18.2 Å². The molecule has 1 amide bonds. The quantitative estimate of drug-likeness (QED) is 0.442. The Bertz CT molecular complexity index is 890. The largest absolute Gasteiger partial charge is 0.460 e. The summed E-state index contributed by atoms with van der Waals surface area (Å²) in [4.78, 5) is 31.3. The molecule has 9 heteroatoms. The fourth-order valence-electron chi connectivity index (χ4n) is 2.90. The van der Waals surface area contributed by atoms with Crippen molar-refractivity contribution >= 4 is 29.2 Å². The van der Waals surface area contributed by atoms with Crippen LogP contribution in [0.1, 0.15) is 12.0 Å². The summed E-state index contributed by atoms with van der Waals surface area (Å²) < 4.78 is 19.8. The van der Waals surface area contributed by atoms with Crippen molar-refractivity contribution in [1.82, 2.24) is 4.98 Å². The molecule has 1 aliphatic rings. The standard InChI is InChI=1S/C19H20FN5O3/c20-18-13(12-28-17(27)10-15(21)22)6-7-23-19(18)24-8-9-25(16(26)11-24)14-4-2-1-3-5-14/h1-7H,8-12H2,(H3,21,22). The minimum absolute atomic E-state index is 0.00755. The van der Waals surface area contributed by atoms with Gasteiger partial charge in [-0.2, -0.15) is 0 Å². The minimum Gasteiger partial charge on any atom is -0.460 e. The van der Waals surface area contributed by atoms with Crippen LogP contribution in [0.4, 0.5) is 15.9 Å². The van der Waals surface area contributed by atoms with Gasteiger partial charge in [-0.3, -0.25) is 15.0 Å². The molecule has 0 radical (unpaired) electrons. The number of rotatable bonds is 6. The van der Waals surface area contributed by atoms with Crippen LogP contribution >= 0.6 is 0 Å². The summed E-state index contributed by atoms with van der Waals surface area (Å²) >= 11 is 0. The lowest BCUT2D eigenvalue weighted by atomic mass is 10.2. The van der Waals surface area contributed by atoms with Crippen LogP contribution in [0.2, 0.25) is 0 Å². The number of esters is 1. The minimum atomic E-state index is -0.711. The van der Waals surface area contributed by atoms with Gasteiger partial charge >= 0.3 is 5.97 Å². The number of pyridine rings is 1. The molecule has 0 unspecified atom stereocenters. The number of halogens is 1. The van der Waals surface area contributed by atoms with Crippen molar-refractivity contribution in [3.63, 3.8) is 0 Å². The van der Waals surface area contributed by atoms with Crippen molar-refractivity contribution in [2.45, 2.75) is 13.0 Å². The van der Waals surface area contributed by atoms with Gasteiger partial charge in [-0.15, -0.1) is 0 Å². The molecule has 2 heterocycles. The Kier molecular flexibility index (Phi) is 5.83. The van der Waals surface area contributed by atoms with E-state index in [9.17, 15) is 14.0 Å².